The number of likely N-dealkylation sites (tertiary alicyclic amines) is 1. The lowest BCUT2D eigenvalue weighted by molar-refractivity contribution is -0.123. The van der Waals surface area contributed by atoms with Gasteiger partial charge in [0.05, 0.1) is 25.9 Å². The van der Waals surface area contributed by atoms with Crippen LogP contribution in [-0.4, -0.2) is 54.9 Å². The third-order valence-electron chi connectivity index (χ3n) is 3.68. The number of aliphatic hydroxyl groups excluding tert-OH is 1. The number of hydrogen-bond acceptors (Lipinski definition) is 4. The zero-order valence-electron chi connectivity index (χ0n) is 12.3. The molecule has 21 heavy (non-hydrogen) atoms. The van der Waals surface area contributed by atoms with Crippen LogP contribution in [0.2, 0.25) is 0 Å². The van der Waals surface area contributed by atoms with E-state index in [1.165, 1.54) is 0 Å². The molecule has 2 N–H and O–H groups in total. The van der Waals surface area contributed by atoms with Gasteiger partial charge in [0, 0.05) is 19.6 Å². The number of hydrogen-bond donors (Lipinski definition) is 2. The van der Waals surface area contributed by atoms with Gasteiger partial charge in [-0.3, -0.25) is 9.69 Å². The molecule has 0 unspecified atom stereocenters. The van der Waals surface area contributed by atoms with E-state index in [2.05, 4.69) is 10.2 Å². The summed E-state index contributed by atoms with van der Waals surface area (Å²) < 4.78 is 5.51. The Balaban J connectivity index is 1.63. The molecule has 0 aromatic heterocycles. The van der Waals surface area contributed by atoms with Gasteiger partial charge < -0.3 is 15.2 Å². The number of aliphatic hydroxyl groups is 1. The van der Waals surface area contributed by atoms with Gasteiger partial charge in [0.2, 0.25) is 5.91 Å². The Labute approximate surface area is 125 Å². The number of carbonyl (C=O) groups excluding carboxylic acids is 1. The Hall–Kier alpha value is -1.43. The largest absolute Gasteiger partial charge is 0.394 e. The molecule has 0 radical (unpaired) electrons. The molecule has 5 nitrogen and oxygen atoms in total. The Morgan fingerprint density at radius 1 is 1.29 bits per heavy atom. The molecule has 0 saturated carbocycles. The maximum atomic E-state index is 11.9. The summed E-state index contributed by atoms with van der Waals surface area (Å²) >= 11 is 0. The first kappa shape index (κ1) is 15.9. The van der Waals surface area contributed by atoms with Gasteiger partial charge in [-0.15, -0.1) is 0 Å². The summed E-state index contributed by atoms with van der Waals surface area (Å²) in [4.78, 5) is 14.1. The number of piperidine rings is 1. The summed E-state index contributed by atoms with van der Waals surface area (Å²) in [5, 5.41) is 11.7. The van der Waals surface area contributed by atoms with Crippen molar-refractivity contribution in [2.24, 2.45) is 0 Å². The van der Waals surface area contributed by atoms with Crippen molar-refractivity contribution in [1.82, 2.24) is 10.2 Å². The minimum absolute atomic E-state index is 0.0635. The molecule has 0 atom stereocenters. The highest BCUT2D eigenvalue weighted by atomic mass is 16.5. The molecule has 1 aromatic carbocycles. The fourth-order valence-corrected chi connectivity index (χ4v) is 2.51. The second-order valence-corrected chi connectivity index (χ2v) is 5.33. The van der Waals surface area contributed by atoms with Crippen LogP contribution in [-0.2, 0) is 16.1 Å². The van der Waals surface area contributed by atoms with Crippen LogP contribution in [0.15, 0.2) is 30.3 Å². The van der Waals surface area contributed by atoms with Crippen molar-refractivity contribution in [1.29, 1.82) is 0 Å². The quantitative estimate of drug-likeness (QED) is 0.779. The SMILES string of the molecule is O=C(CN1CCC(OCCO)CC1)NCc1ccccc1. The minimum atomic E-state index is 0.0635. The van der Waals surface area contributed by atoms with E-state index in [1.54, 1.807) is 0 Å². The summed E-state index contributed by atoms with van der Waals surface area (Å²) in [6, 6.07) is 9.92. The number of benzene rings is 1. The van der Waals surface area contributed by atoms with Crippen molar-refractivity contribution in [3.63, 3.8) is 0 Å². The minimum Gasteiger partial charge on any atom is -0.394 e. The summed E-state index contributed by atoms with van der Waals surface area (Å²) in [7, 11) is 0. The number of amides is 1. The van der Waals surface area contributed by atoms with Crippen LogP contribution in [0.5, 0.6) is 0 Å². The number of rotatable bonds is 7. The van der Waals surface area contributed by atoms with Gasteiger partial charge in [-0.2, -0.15) is 0 Å². The molecule has 1 heterocycles. The lowest BCUT2D eigenvalue weighted by atomic mass is 10.1. The summed E-state index contributed by atoms with van der Waals surface area (Å²) in [5.74, 6) is 0.0635. The fraction of sp³-hybridized carbons (Fsp3) is 0.562. The van der Waals surface area contributed by atoms with Crippen molar-refractivity contribution in [2.75, 3.05) is 32.8 Å². The normalized spacial score (nSPS) is 16.8. The van der Waals surface area contributed by atoms with Crippen LogP contribution in [0.4, 0.5) is 0 Å². The number of nitrogens with one attached hydrogen (secondary N) is 1. The van der Waals surface area contributed by atoms with Crippen LogP contribution < -0.4 is 5.32 Å². The Kier molecular flexibility index (Phi) is 6.66. The molecule has 1 fully saturated rings. The van der Waals surface area contributed by atoms with E-state index in [1.807, 2.05) is 30.3 Å². The Morgan fingerprint density at radius 2 is 2.00 bits per heavy atom. The molecule has 1 aromatic rings. The highest BCUT2D eigenvalue weighted by Crippen LogP contribution is 2.13. The molecule has 5 heteroatoms. The van der Waals surface area contributed by atoms with Crippen molar-refractivity contribution in [3.05, 3.63) is 35.9 Å². The van der Waals surface area contributed by atoms with E-state index < -0.39 is 0 Å². The molecule has 1 saturated heterocycles. The van der Waals surface area contributed by atoms with Crippen LogP contribution in [0.25, 0.3) is 0 Å². The molecular weight excluding hydrogens is 268 g/mol. The van der Waals surface area contributed by atoms with E-state index in [9.17, 15) is 4.79 Å². The lowest BCUT2D eigenvalue weighted by Gasteiger charge is -2.31. The second-order valence-electron chi connectivity index (χ2n) is 5.33. The van der Waals surface area contributed by atoms with Gasteiger partial charge in [-0.25, -0.2) is 0 Å². The highest BCUT2D eigenvalue weighted by Gasteiger charge is 2.20. The molecular formula is C16H24N2O3. The van der Waals surface area contributed by atoms with Crippen LogP contribution >= 0.6 is 0 Å². The third kappa shape index (κ3) is 5.83. The van der Waals surface area contributed by atoms with Gasteiger partial charge in [-0.1, -0.05) is 30.3 Å². The maximum absolute atomic E-state index is 11.9. The van der Waals surface area contributed by atoms with Crippen molar-refractivity contribution in [3.8, 4) is 0 Å². The first-order valence-corrected chi connectivity index (χ1v) is 7.53. The first-order valence-electron chi connectivity index (χ1n) is 7.53. The molecule has 0 spiro atoms. The Bertz CT molecular complexity index is 417. The average molecular weight is 292 g/mol. The van der Waals surface area contributed by atoms with Gasteiger partial charge >= 0.3 is 0 Å². The molecule has 116 valence electrons. The number of nitrogens with zero attached hydrogens (tertiary/aromatic N) is 1. The number of carbonyl (C=O) groups is 1. The smallest absolute Gasteiger partial charge is 0.234 e. The van der Waals surface area contributed by atoms with Gasteiger partial charge in [-0.05, 0) is 18.4 Å². The zero-order chi connectivity index (χ0) is 14.9. The van der Waals surface area contributed by atoms with Crippen molar-refractivity contribution >= 4 is 5.91 Å². The van der Waals surface area contributed by atoms with E-state index >= 15 is 0 Å². The molecule has 2 rings (SSSR count). The average Bonchev–Trinajstić information content (AvgIpc) is 2.53. The summed E-state index contributed by atoms with van der Waals surface area (Å²) in [6.07, 6.45) is 2.07. The molecule has 1 aliphatic rings. The van der Waals surface area contributed by atoms with Gasteiger partial charge in [0.15, 0.2) is 0 Å². The van der Waals surface area contributed by atoms with Crippen LogP contribution in [0.1, 0.15) is 18.4 Å². The number of ether oxygens (including phenoxy) is 1. The van der Waals surface area contributed by atoms with Gasteiger partial charge in [0.1, 0.15) is 0 Å². The van der Waals surface area contributed by atoms with E-state index in [0.717, 1.165) is 31.5 Å². The maximum Gasteiger partial charge on any atom is 0.234 e. The topological polar surface area (TPSA) is 61.8 Å². The van der Waals surface area contributed by atoms with Crippen molar-refractivity contribution in [2.45, 2.75) is 25.5 Å². The van der Waals surface area contributed by atoms with E-state index in [0.29, 0.717) is 19.7 Å². The first-order chi connectivity index (χ1) is 10.3. The van der Waals surface area contributed by atoms with Gasteiger partial charge in [0.25, 0.3) is 0 Å². The monoisotopic (exact) mass is 292 g/mol. The zero-order valence-corrected chi connectivity index (χ0v) is 12.3. The van der Waals surface area contributed by atoms with Crippen LogP contribution in [0.3, 0.4) is 0 Å². The van der Waals surface area contributed by atoms with E-state index in [4.69, 9.17) is 9.84 Å². The standard InChI is InChI=1S/C16H24N2O3/c19-10-11-21-15-6-8-18(9-7-15)13-16(20)17-12-14-4-2-1-3-5-14/h1-5,15,19H,6-13H2,(H,17,20). The molecule has 1 amide bonds. The predicted molar refractivity (Wildman–Crippen MR) is 80.8 cm³/mol. The molecule has 0 bridgehead atoms. The molecule has 1 aliphatic heterocycles. The second kappa shape index (κ2) is 8.77. The van der Waals surface area contributed by atoms with Crippen LogP contribution in [0, 0.1) is 0 Å². The lowest BCUT2D eigenvalue weighted by Crippen LogP contribution is -2.43. The highest BCUT2D eigenvalue weighted by molar-refractivity contribution is 5.78. The van der Waals surface area contributed by atoms with E-state index in [-0.39, 0.29) is 18.6 Å². The van der Waals surface area contributed by atoms with Crippen molar-refractivity contribution < 1.29 is 14.6 Å². The fourth-order valence-electron chi connectivity index (χ4n) is 2.51. The summed E-state index contributed by atoms with van der Waals surface area (Å²) in [6.45, 7) is 3.24. The summed E-state index contributed by atoms with van der Waals surface area (Å²) in [5.41, 5.74) is 1.11. The predicted octanol–water partition coefficient (Wildman–Crippen LogP) is 0.776. The molecule has 0 aliphatic carbocycles. The Morgan fingerprint density at radius 3 is 2.67 bits per heavy atom. The third-order valence-corrected chi connectivity index (χ3v) is 3.68.